The molecule has 0 radical (unpaired) electrons. The quantitative estimate of drug-likeness (QED) is 0.828. The average molecular weight is 345 g/mol. The van der Waals surface area contributed by atoms with Gasteiger partial charge in [-0.1, -0.05) is 29.6 Å². The molecule has 0 aromatic heterocycles. The lowest BCUT2D eigenvalue weighted by Crippen LogP contribution is -2.41. The Morgan fingerprint density at radius 2 is 2.09 bits per heavy atom. The van der Waals surface area contributed by atoms with Crippen molar-refractivity contribution in [1.29, 1.82) is 0 Å². The first-order valence-corrected chi connectivity index (χ1v) is 7.83. The van der Waals surface area contributed by atoms with Crippen LogP contribution in [0.5, 0.6) is 0 Å². The molecule has 1 aromatic rings. The molecule has 22 heavy (non-hydrogen) atoms. The molecular weight excluding hydrogens is 327 g/mol. The van der Waals surface area contributed by atoms with Crippen LogP contribution in [0.25, 0.3) is 0 Å². The van der Waals surface area contributed by atoms with E-state index in [2.05, 4.69) is 5.32 Å². The van der Waals surface area contributed by atoms with Crippen molar-refractivity contribution < 1.29 is 14.7 Å². The van der Waals surface area contributed by atoms with Crippen molar-refractivity contribution in [3.63, 3.8) is 0 Å². The normalized spacial score (nSPS) is 20.7. The first kappa shape index (κ1) is 17.1. The van der Waals surface area contributed by atoms with Crippen molar-refractivity contribution in [3.05, 3.63) is 28.2 Å². The minimum absolute atomic E-state index is 0.0245. The Morgan fingerprint density at radius 3 is 2.73 bits per heavy atom. The summed E-state index contributed by atoms with van der Waals surface area (Å²) in [5.41, 5.74) is 0.293. The van der Waals surface area contributed by atoms with Gasteiger partial charge in [-0.15, -0.1) is 0 Å². The first-order chi connectivity index (χ1) is 10.4. The Morgan fingerprint density at radius 1 is 1.36 bits per heavy atom. The number of halogens is 2. The number of amides is 2. The maximum Gasteiger partial charge on any atom is 0.313 e. The highest BCUT2D eigenvalue weighted by Gasteiger charge is 2.29. The van der Waals surface area contributed by atoms with E-state index < -0.39 is 17.9 Å². The van der Waals surface area contributed by atoms with E-state index in [1.54, 1.807) is 19.2 Å². The number of benzene rings is 1. The van der Waals surface area contributed by atoms with E-state index in [0.717, 1.165) is 19.3 Å². The second-order valence-corrected chi connectivity index (χ2v) is 6.37. The Bertz CT molecular complexity index is 580. The Labute approximate surface area is 139 Å². The van der Waals surface area contributed by atoms with Crippen molar-refractivity contribution >= 4 is 40.7 Å². The summed E-state index contributed by atoms with van der Waals surface area (Å²) in [7, 11) is 1.55. The predicted octanol–water partition coefficient (Wildman–Crippen LogP) is 2.55. The molecule has 0 aliphatic heterocycles. The number of aliphatic hydroxyl groups is 1. The van der Waals surface area contributed by atoms with E-state index >= 15 is 0 Å². The van der Waals surface area contributed by atoms with Crippen molar-refractivity contribution in [2.75, 3.05) is 18.9 Å². The van der Waals surface area contributed by atoms with E-state index in [-0.39, 0.29) is 5.92 Å². The van der Waals surface area contributed by atoms with Gasteiger partial charge in [0.1, 0.15) is 0 Å². The molecule has 0 heterocycles. The van der Waals surface area contributed by atoms with Gasteiger partial charge in [0, 0.05) is 24.5 Å². The number of rotatable bonds is 3. The fourth-order valence-corrected chi connectivity index (χ4v) is 2.94. The Hall–Kier alpha value is -1.30. The second-order valence-electron chi connectivity index (χ2n) is 5.52. The number of hydrogen-bond acceptors (Lipinski definition) is 3. The molecule has 1 aliphatic rings. The summed E-state index contributed by atoms with van der Waals surface area (Å²) in [4.78, 5) is 25.4. The van der Waals surface area contributed by atoms with E-state index in [9.17, 15) is 14.7 Å². The van der Waals surface area contributed by atoms with Crippen LogP contribution >= 0.6 is 23.2 Å². The second kappa shape index (κ2) is 7.31. The van der Waals surface area contributed by atoms with E-state index in [1.807, 2.05) is 0 Å². The molecule has 1 aromatic carbocycles. The van der Waals surface area contributed by atoms with Gasteiger partial charge in [0.05, 0.1) is 16.8 Å². The van der Waals surface area contributed by atoms with Crippen LogP contribution in [-0.4, -0.2) is 41.5 Å². The van der Waals surface area contributed by atoms with Gasteiger partial charge in [-0.3, -0.25) is 9.59 Å². The maximum atomic E-state index is 12.1. The van der Waals surface area contributed by atoms with Gasteiger partial charge in [0.2, 0.25) is 0 Å². The molecule has 2 N–H and O–H groups in total. The highest BCUT2D eigenvalue weighted by Crippen LogP contribution is 2.27. The zero-order chi connectivity index (χ0) is 16.3. The molecule has 120 valence electrons. The summed E-state index contributed by atoms with van der Waals surface area (Å²) in [5.74, 6) is -1.43. The summed E-state index contributed by atoms with van der Waals surface area (Å²) in [6.45, 7) is 0.358. The van der Waals surface area contributed by atoms with Gasteiger partial charge in [-0.2, -0.15) is 0 Å². The number of likely N-dealkylation sites (N-methyl/N-ethyl adjacent to an activating group) is 1. The smallest absolute Gasteiger partial charge is 0.313 e. The molecule has 7 heteroatoms. The lowest BCUT2D eigenvalue weighted by molar-refractivity contribution is -0.142. The maximum absolute atomic E-state index is 12.1. The lowest BCUT2D eigenvalue weighted by atomic mass is 10.1. The van der Waals surface area contributed by atoms with Crippen molar-refractivity contribution in [2.45, 2.75) is 25.4 Å². The summed E-state index contributed by atoms with van der Waals surface area (Å²) >= 11 is 11.8. The highest BCUT2D eigenvalue weighted by atomic mass is 35.5. The summed E-state index contributed by atoms with van der Waals surface area (Å²) in [6.07, 6.45) is 2.15. The lowest BCUT2D eigenvalue weighted by Gasteiger charge is -2.22. The summed E-state index contributed by atoms with van der Waals surface area (Å²) < 4.78 is 0. The number of nitrogens with zero attached hydrogens (tertiary/aromatic N) is 1. The molecule has 1 saturated carbocycles. The molecular formula is C15H18Cl2N2O3. The van der Waals surface area contributed by atoms with Crippen LogP contribution < -0.4 is 5.32 Å². The fraction of sp³-hybridized carbons (Fsp3) is 0.467. The number of hydrogen-bond donors (Lipinski definition) is 2. The molecule has 1 fully saturated rings. The molecule has 5 nitrogen and oxygen atoms in total. The number of aliphatic hydroxyl groups excluding tert-OH is 1. The van der Waals surface area contributed by atoms with E-state index in [4.69, 9.17) is 23.2 Å². The average Bonchev–Trinajstić information content (AvgIpc) is 2.87. The third-order valence-electron chi connectivity index (χ3n) is 3.84. The zero-order valence-corrected chi connectivity index (χ0v) is 13.7. The SMILES string of the molecule is CN(CC1CCCC1O)C(=O)C(=O)Nc1cc(Cl)ccc1Cl. The van der Waals surface area contributed by atoms with Crippen molar-refractivity contribution in [2.24, 2.45) is 5.92 Å². The summed E-state index contributed by atoms with van der Waals surface area (Å²) in [6, 6.07) is 4.62. The van der Waals surface area contributed by atoms with E-state index in [1.165, 1.54) is 11.0 Å². The molecule has 0 spiro atoms. The fourth-order valence-electron chi connectivity index (χ4n) is 2.61. The molecule has 2 rings (SSSR count). The summed E-state index contributed by atoms with van der Waals surface area (Å²) in [5, 5.41) is 13.0. The monoisotopic (exact) mass is 344 g/mol. The molecule has 2 unspecified atom stereocenters. The molecule has 1 aliphatic carbocycles. The Balaban J connectivity index is 1.96. The van der Waals surface area contributed by atoms with Crippen LogP contribution in [-0.2, 0) is 9.59 Å². The molecule has 0 saturated heterocycles. The number of nitrogens with one attached hydrogen (secondary N) is 1. The van der Waals surface area contributed by atoms with Crippen LogP contribution in [0.1, 0.15) is 19.3 Å². The van der Waals surface area contributed by atoms with Gasteiger partial charge < -0.3 is 15.3 Å². The third-order valence-corrected chi connectivity index (χ3v) is 4.41. The third kappa shape index (κ3) is 4.12. The molecule has 0 bridgehead atoms. The van der Waals surface area contributed by atoms with Crippen molar-refractivity contribution in [3.8, 4) is 0 Å². The van der Waals surface area contributed by atoms with Crippen molar-refractivity contribution in [1.82, 2.24) is 4.90 Å². The topological polar surface area (TPSA) is 69.6 Å². The van der Waals surface area contributed by atoms with Gasteiger partial charge >= 0.3 is 11.8 Å². The largest absolute Gasteiger partial charge is 0.393 e. The molecule has 2 amide bonds. The van der Waals surface area contributed by atoms with Crippen LogP contribution in [0.2, 0.25) is 10.0 Å². The Kier molecular flexibility index (Phi) is 5.67. The van der Waals surface area contributed by atoms with E-state index in [0.29, 0.717) is 22.3 Å². The zero-order valence-electron chi connectivity index (χ0n) is 12.2. The van der Waals surface area contributed by atoms with Crippen LogP contribution in [0.4, 0.5) is 5.69 Å². The first-order valence-electron chi connectivity index (χ1n) is 7.08. The van der Waals surface area contributed by atoms with Gasteiger partial charge in [-0.05, 0) is 31.0 Å². The van der Waals surface area contributed by atoms with Gasteiger partial charge in [-0.25, -0.2) is 0 Å². The van der Waals surface area contributed by atoms with Crippen LogP contribution in [0.15, 0.2) is 18.2 Å². The van der Waals surface area contributed by atoms with Crippen LogP contribution in [0, 0.1) is 5.92 Å². The van der Waals surface area contributed by atoms with Gasteiger partial charge in [0.25, 0.3) is 0 Å². The minimum atomic E-state index is -0.779. The number of carbonyl (C=O) groups is 2. The highest BCUT2D eigenvalue weighted by molar-refractivity contribution is 6.41. The van der Waals surface area contributed by atoms with Gasteiger partial charge in [0.15, 0.2) is 0 Å². The number of carbonyl (C=O) groups excluding carboxylic acids is 2. The van der Waals surface area contributed by atoms with Crippen LogP contribution in [0.3, 0.4) is 0 Å². The standard InChI is InChI=1S/C15H18Cl2N2O3/c1-19(8-9-3-2-4-13(9)20)15(22)14(21)18-12-7-10(16)5-6-11(12)17/h5-7,9,13,20H,2-4,8H2,1H3,(H,18,21). The minimum Gasteiger partial charge on any atom is -0.393 e. The molecule has 2 atom stereocenters. The predicted molar refractivity (Wildman–Crippen MR) is 86.1 cm³/mol. The number of anilines is 1.